The minimum atomic E-state index is -0.0771. The lowest BCUT2D eigenvalue weighted by molar-refractivity contribution is 0.0525. The summed E-state index contributed by atoms with van der Waals surface area (Å²) in [5.74, 6) is 0. The van der Waals surface area contributed by atoms with Gasteiger partial charge >= 0.3 is 6.09 Å². The van der Waals surface area contributed by atoms with Crippen molar-refractivity contribution < 1.29 is 9.53 Å². The molecule has 1 heterocycles. The molecule has 1 fully saturated rings. The Morgan fingerprint density at radius 3 is 2.68 bits per heavy atom. The molecule has 3 nitrogen and oxygen atoms in total. The maximum atomic E-state index is 12.2. The largest absolute Gasteiger partial charge is 0.446 e. The number of hydrogen-bond donors (Lipinski definition) is 0. The van der Waals surface area contributed by atoms with E-state index in [4.69, 9.17) is 4.74 Å². The molecule has 0 aromatic heterocycles. The van der Waals surface area contributed by atoms with Crippen molar-refractivity contribution in [1.29, 1.82) is 0 Å². The highest BCUT2D eigenvalue weighted by atomic mass is 16.6. The van der Waals surface area contributed by atoms with Crippen LogP contribution in [0.2, 0.25) is 0 Å². The minimum Gasteiger partial charge on any atom is -0.446 e. The number of unbranched alkanes of at least 4 members (excludes halogenated alkanes) is 3. The van der Waals surface area contributed by atoms with E-state index in [1.54, 1.807) is 0 Å². The highest BCUT2D eigenvalue weighted by Gasteiger charge is 2.29. The van der Waals surface area contributed by atoms with Crippen LogP contribution < -0.4 is 0 Å². The number of nitrogens with zero attached hydrogens (tertiary/aromatic N) is 1. The zero-order valence-electron chi connectivity index (χ0n) is 13.0. The first-order valence-electron chi connectivity index (χ1n) is 8.20. The van der Waals surface area contributed by atoms with Crippen molar-refractivity contribution in [3.8, 4) is 0 Å². The van der Waals surface area contributed by atoms with Crippen LogP contribution in [0.15, 0.2) is 0 Å². The molecule has 0 bridgehead atoms. The van der Waals surface area contributed by atoms with Crippen molar-refractivity contribution >= 4 is 6.09 Å². The molecule has 0 spiro atoms. The topological polar surface area (TPSA) is 29.5 Å². The van der Waals surface area contributed by atoms with Gasteiger partial charge in [-0.15, -0.1) is 0 Å². The summed E-state index contributed by atoms with van der Waals surface area (Å²) >= 11 is 0. The van der Waals surface area contributed by atoms with Gasteiger partial charge in [0.1, 0.15) is 6.10 Å². The normalized spacial score (nSPS) is 20.6. The van der Waals surface area contributed by atoms with Gasteiger partial charge in [0, 0.05) is 12.6 Å². The Hall–Kier alpha value is -0.730. The highest BCUT2D eigenvalue weighted by molar-refractivity contribution is 5.68. The minimum absolute atomic E-state index is 0.0771. The first kappa shape index (κ1) is 16.3. The van der Waals surface area contributed by atoms with E-state index in [0.29, 0.717) is 6.04 Å². The predicted molar refractivity (Wildman–Crippen MR) is 79.3 cm³/mol. The molecule has 0 aromatic carbocycles. The van der Waals surface area contributed by atoms with E-state index in [1.807, 2.05) is 4.90 Å². The molecule has 1 aliphatic rings. The average molecular weight is 269 g/mol. The van der Waals surface area contributed by atoms with Crippen molar-refractivity contribution in [2.24, 2.45) is 0 Å². The number of ether oxygens (including phenoxy) is 1. The van der Waals surface area contributed by atoms with Gasteiger partial charge < -0.3 is 9.64 Å². The summed E-state index contributed by atoms with van der Waals surface area (Å²) in [5, 5.41) is 0. The Labute approximate surface area is 118 Å². The molecule has 0 aliphatic carbocycles. The average Bonchev–Trinajstić information content (AvgIpc) is 2.90. The summed E-state index contributed by atoms with van der Waals surface area (Å²) in [4.78, 5) is 14.1. The van der Waals surface area contributed by atoms with Gasteiger partial charge in [-0.1, -0.05) is 40.0 Å². The fraction of sp³-hybridized carbons (Fsp3) is 0.938. The summed E-state index contributed by atoms with van der Waals surface area (Å²) in [6.07, 6.45) is 10.3. The Morgan fingerprint density at radius 2 is 2.05 bits per heavy atom. The number of hydrogen-bond acceptors (Lipinski definition) is 2. The molecule has 112 valence electrons. The number of rotatable bonds is 8. The summed E-state index contributed by atoms with van der Waals surface area (Å²) in [6.45, 7) is 7.36. The van der Waals surface area contributed by atoms with Crippen molar-refractivity contribution in [1.82, 2.24) is 4.90 Å². The van der Waals surface area contributed by atoms with Crippen LogP contribution in [-0.2, 0) is 4.74 Å². The fourth-order valence-electron chi connectivity index (χ4n) is 2.86. The lowest BCUT2D eigenvalue weighted by Crippen LogP contribution is -2.37. The highest BCUT2D eigenvalue weighted by Crippen LogP contribution is 2.22. The van der Waals surface area contributed by atoms with Gasteiger partial charge in [-0.05, 0) is 38.5 Å². The third-order valence-corrected chi connectivity index (χ3v) is 4.19. The van der Waals surface area contributed by atoms with E-state index in [2.05, 4.69) is 20.8 Å². The summed E-state index contributed by atoms with van der Waals surface area (Å²) < 4.78 is 5.68. The van der Waals surface area contributed by atoms with E-state index < -0.39 is 0 Å². The Morgan fingerprint density at radius 1 is 1.26 bits per heavy atom. The van der Waals surface area contributed by atoms with Gasteiger partial charge in [0.15, 0.2) is 0 Å². The maximum Gasteiger partial charge on any atom is 0.410 e. The van der Waals surface area contributed by atoms with Crippen LogP contribution in [0.25, 0.3) is 0 Å². The second-order valence-corrected chi connectivity index (χ2v) is 5.66. The van der Waals surface area contributed by atoms with Crippen LogP contribution in [0.3, 0.4) is 0 Å². The third kappa shape index (κ3) is 5.42. The first-order chi connectivity index (χ1) is 9.22. The van der Waals surface area contributed by atoms with Gasteiger partial charge in [-0.2, -0.15) is 0 Å². The van der Waals surface area contributed by atoms with E-state index in [1.165, 1.54) is 25.7 Å². The Kier molecular flexibility index (Phi) is 7.92. The Balaban J connectivity index is 2.31. The van der Waals surface area contributed by atoms with E-state index >= 15 is 0 Å². The second kappa shape index (κ2) is 9.22. The van der Waals surface area contributed by atoms with E-state index in [9.17, 15) is 4.79 Å². The monoisotopic (exact) mass is 269 g/mol. The smallest absolute Gasteiger partial charge is 0.410 e. The van der Waals surface area contributed by atoms with Crippen LogP contribution >= 0.6 is 0 Å². The van der Waals surface area contributed by atoms with Crippen LogP contribution in [0.4, 0.5) is 4.79 Å². The standard InChI is InChI=1S/C16H31NO2/c1-4-7-8-9-12-15(6-3)19-16(18)17-13-10-11-14(17)5-2/h14-15H,4-13H2,1-3H3. The van der Waals surface area contributed by atoms with Gasteiger partial charge in [-0.3, -0.25) is 0 Å². The summed E-state index contributed by atoms with van der Waals surface area (Å²) in [7, 11) is 0. The molecule has 0 N–H and O–H groups in total. The second-order valence-electron chi connectivity index (χ2n) is 5.66. The molecule has 3 heteroatoms. The molecule has 1 rings (SSSR count). The zero-order valence-corrected chi connectivity index (χ0v) is 13.0. The first-order valence-corrected chi connectivity index (χ1v) is 8.20. The van der Waals surface area contributed by atoms with Gasteiger partial charge in [0.2, 0.25) is 0 Å². The van der Waals surface area contributed by atoms with E-state index in [0.717, 1.165) is 38.6 Å². The number of likely N-dealkylation sites (tertiary alicyclic amines) is 1. The van der Waals surface area contributed by atoms with Crippen LogP contribution in [0, 0.1) is 0 Å². The molecule has 1 amide bonds. The summed E-state index contributed by atoms with van der Waals surface area (Å²) in [6, 6.07) is 0.407. The van der Waals surface area contributed by atoms with Gasteiger partial charge in [0.25, 0.3) is 0 Å². The zero-order chi connectivity index (χ0) is 14.1. The quantitative estimate of drug-likeness (QED) is 0.595. The van der Waals surface area contributed by atoms with Gasteiger partial charge in [0.05, 0.1) is 0 Å². The maximum absolute atomic E-state index is 12.2. The van der Waals surface area contributed by atoms with E-state index in [-0.39, 0.29) is 12.2 Å². The molecular formula is C16H31NO2. The Bertz CT molecular complexity index is 255. The SMILES string of the molecule is CCCCCCC(CC)OC(=O)N1CCCC1CC. The van der Waals surface area contributed by atoms with Crippen molar-refractivity contribution in [2.45, 2.75) is 90.7 Å². The van der Waals surface area contributed by atoms with Crippen molar-refractivity contribution in [3.05, 3.63) is 0 Å². The lowest BCUT2D eigenvalue weighted by atomic mass is 10.1. The van der Waals surface area contributed by atoms with Crippen molar-refractivity contribution in [2.75, 3.05) is 6.54 Å². The number of amides is 1. The predicted octanol–water partition coefficient (Wildman–Crippen LogP) is 4.75. The van der Waals surface area contributed by atoms with Crippen LogP contribution in [0.5, 0.6) is 0 Å². The number of carbonyl (C=O) groups excluding carboxylic acids is 1. The molecule has 19 heavy (non-hydrogen) atoms. The molecule has 1 aliphatic heterocycles. The summed E-state index contributed by atoms with van der Waals surface area (Å²) in [5.41, 5.74) is 0. The van der Waals surface area contributed by atoms with Gasteiger partial charge in [-0.25, -0.2) is 4.79 Å². The molecule has 1 saturated heterocycles. The van der Waals surface area contributed by atoms with Crippen molar-refractivity contribution in [3.63, 3.8) is 0 Å². The fourth-order valence-corrected chi connectivity index (χ4v) is 2.86. The molecule has 0 radical (unpaired) electrons. The molecular weight excluding hydrogens is 238 g/mol. The number of carbonyl (C=O) groups is 1. The molecule has 0 saturated carbocycles. The molecule has 2 atom stereocenters. The molecule has 0 aromatic rings. The lowest BCUT2D eigenvalue weighted by Gasteiger charge is -2.26. The third-order valence-electron chi connectivity index (χ3n) is 4.19. The van der Waals surface area contributed by atoms with Crippen LogP contribution in [-0.4, -0.2) is 29.7 Å². The van der Waals surface area contributed by atoms with Crippen LogP contribution in [0.1, 0.15) is 78.6 Å². The molecule has 2 unspecified atom stereocenters.